The first kappa shape index (κ1) is 13.3. The molecule has 1 aromatic heterocycles. The standard InChI is InChI=1S/C13H14N4O4/c1-21-11-7-8(4-5-10(11)18)12-14-13-9(17(19)20)3-2-6-16(13)15-12/h4-5,7,9,18H,2-3,6H2,1H3. The van der Waals surface area contributed by atoms with Crippen molar-refractivity contribution in [2.45, 2.75) is 25.4 Å². The number of phenolic OH excluding ortho intramolecular Hbond substituents is 1. The Morgan fingerprint density at radius 1 is 1.52 bits per heavy atom. The van der Waals surface area contributed by atoms with Crippen LogP contribution in [0.3, 0.4) is 0 Å². The van der Waals surface area contributed by atoms with Crippen molar-refractivity contribution in [1.82, 2.24) is 14.8 Å². The Balaban J connectivity index is 2.03. The zero-order valence-corrected chi connectivity index (χ0v) is 11.4. The molecule has 2 aromatic rings. The monoisotopic (exact) mass is 290 g/mol. The van der Waals surface area contributed by atoms with Gasteiger partial charge in [-0.15, -0.1) is 0 Å². The summed E-state index contributed by atoms with van der Waals surface area (Å²) in [5.41, 5.74) is 0.647. The molecule has 1 aromatic carbocycles. The molecule has 0 spiro atoms. The molecule has 1 aliphatic rings. The maximum atomic E-state index is 11.1. The molecule has 0 saturated carbocycles. The van der Waals surface area contributed by atoms with Gasteiger partial charge in [0.25, 0.3) is 6.04 Å². The SMILES string of the molecule is COc1cc(-c2nc3n(n2)CCCC3[N+](=O)[O-])ccc1O. The van der Waals surface area contributed by atoms with E-state index in [0.717, 1.165) is 0 Å². The lowest BCUT2D eigenvalue weighted by atomic mass is 10.1. The van der Waals surface area contributed by atoms with Crippen LogP contribution in [-0.2, 0) is 6.54 Å². The number of methoxy groups -OCH3 is 1. The maximum absolute atomic E-state index is 11.1. The zero-order valence-electron chi connectivity index (χ0n) is 11.4. The Kier molecular flexibility index (Phi) is 3.20. The fourth-order valence-corrected chi connectivity index (χ4v) is 2.47. The van der Waals surface area contributed by atoms with Gasteiger partial charge < -0.3 is 9.84 Å². The zero-order chi connectivity index (χ0) is 15.0. The number of aromatic hydroxyl groups is 1. The fourth-order valence-electron chi connectivity index (χ4n) is 2.47. The summed E-state index contributed by atoms with van der Waals surface area (Å²) in [5.74, 6) is 1.12. The molecule has 0 aliphatic carbocycles. The summed E-state index contributed by atoms with van der Waals surface area (Å²) in [6.07, 6.45) is 1.18. The Morgan fingerprint density at radius 2 is 2.33 bits per heavy atom. The molecule has 3 rings (SSSR count). The molecule has 1 N–H and O–H groups in total. The first-order valence-electron chi connectivity index (χ1n) is 6.55. The molecule has 8 nitrogen and oxygen atoms in total. The van der Waals surface area contributed by atoms with Gasteiger partial charge in [-0.25, -0.2) is 9.67 Å². The van der Waals surface area contributed by atoms with E-state index in [1.807, 2.05) is 0 Å². The minimum absolute atomic E-state index is 0.0217. The van der Waals surface area contributed by atoms with Crippen LogP contribution in [0.15, 0.2) is 18.2 Å². The highest BCUT2D eigenvalue weighted by Crippen LogP contribution is 2.32. The topological polar surface area (TPSA) is 103 Å². The Labute approximate surface area is 120 Å². The van der Waals surface area contributed by atoms with Gasteiger partial charge in [-0.05, 0) is 24.6 Å². The number of hydrogen-bond donors (Lipinski definition) is 1. The molecule has 110 valence electrons. The molecular formula is C13H14N4O4. The van der Waals surface area contributed by atoms with Gasteiger partial charge in [-0.1, -0.05) is 0 Å². The van der Waals surface area contributed by atoms with Gasteiger partial charge in [0.2, 0.25) is 5.82 Å². The molecule has 0 fully saturated rings. The molecule has 0 bridgehead atoms. The number of hydrogen-bond acceptors (Lipinski definition) is 6. The van der Waals surface area contributed by atoms with Gasteiger partial charge in [-0.2, -0.15) is 5.10 Å². The van der Waals surface area contributed by atoms with Crippen LogP contribution in [0, 0.1) is 10.1 Å². The molecule has 1 unspecified atom stereocenters. The van der Waals surface area contributed by atoms with Gasteiger partial charge in [0.1, 0.15) is 0 Å². The van der Waals surface area contributed by atoms with Gasteiger partial charge in [-0.3, -0.25) is 10.1 Å². The fraction of sp³-hybridized carbons (Fsp3) is 0.385. The Bertz CT molecular complexity index is 697. The van der Waals surface area contributed by atoms with Gasteiger partial charge in [0, 0.05) is 23.5 Å². The molecule has 0 amide bonds. The van der Waals surface area contributed by atoms with Crippen molar-refractivity contribution in [3.8, 4) is 22.9 Å². The number of fused-ring (bicyclic) bond motifs is 1. The molecule has 1 aliphatic heterocycles. The van der Waals surface area contributed by atoms with Crippen LogP contribution >= 0.6 is 0 Å². The van der Waals surface area contributed by atoms with Crippen LogP contribution in [0.2, 0.25) is 0 Å². The highest BCUT2D eigenvalue weighted by molar-refractivity contribution is 5.60. The summed E-state index contributed by atoms with van der Waals surface area (Å²) < 4.78 is 6.64. The Hall–Kier alpha value is -2.64. The largest absolute Gasteiger partial charge is 0.504 e. The van der Waals surface area contributed by atoms with Gasteiger partial charge in [0.15, 0.2) is 17.3 Å². The lowest BCUT2D eigenvalue weighted by Gasteiger charge is -2.15. The van der Waals surface area contributed by atoms with Crippen molar-refractivity contribution < 1.29 is 14.8 Å². The van der Waals surface area contributed by atoms with Crippen molar-refractivity contribution >= 4 is 0 Å². The molecule has 8 heteroatoms. The number of nitro groups is 1. The molecule has 0 saturated heterocycles. The predicted octanol–water partition coefficient (Wildman–Crippen LogP) is 1.77. The second kappa shape index (κ2) is 5.04. The van der Waals surface area contributed by atoms with Crippen LogP contribution in [0.25, 0.3) is 11.4 Å². The number of rotatable bonds is 3. The summed E-state index contributed by atoms with van der Waals surface area (Å²) in [7, 11) is 1.45. The molecule has 2 heterocycles. The maximum Gasteiger partial charge on any atom is 0.271 e. The third-order valence-corrected chi connectivity index (χ3v) is 3.54. The van der Waals surface area contributed by atoms with Crippen LogP contribution in [0.5, 0.6) is 11.5 Å². The number of aromatic nitrogens is 3. The van der Waals surface area contributed by atoms with Crippen molar-refractivity contribution in [1.29, 1.82) is 0 Å². The lowest BCUT2D eigenvalue weighted by molar-refractivity contribution is -0.533. The Morgan fingerprint density at radius 3 is 3.05 bits per heavy atom. The van der Waals surface area contributed by atoms with E-state index in [9.17, 15) is 15.2 Å². The quantitative estimate of drug-likeness (QED) is 0.682. The highest BCUT2D eigenvalue weighted by Gasteiger charge is 2.33. The third kappa shape index (κ3) is 2.28. The van der Waals surface area contributed by atoms with Crippen LogP contribution < -0.4 is 4.74 Å². The van der Waals surface area contributed by atoms with Crippen LogP contribution in [-0.4, -0.2) is 31.9 Å². The predicted molar refractivity (Wildman–Crippen MR) is 72.6 cm³/mol. The van der Waals surface area contributed by atoms with Crippen LogP contribution in [0.4, 0.5) is 0 Å². The van der Waals surface area contributed by atoms with Crippen molar-refractivity contribution in [2.24, 2.45) is 0 Å². The van der Waals surface area contributed by atoms with E-state index in [2.05, 4.69) is 10.1 Å². The number of aryl methyl sites for hydroxylation is 1. The van der Waals surface area contributed by atoms with E-state index in [0.29, 0.717) is 42.3 Å². The summed E-state index contributed by atoms with van der Waals surface area (Å²) in [5, 5.41) is 25.0. The number of benzene rings is 1. The minimum atomic E-state index is -0.806. The first-order chi connectivity index (χ1) is 10.1. The summed E-state index contributed by atoms with van der Waals surface area (Å²) in [4.78, 5) is 15.1. The van der Waals surface area contributed by atoms with Crippen molar-refractivity contribution in [3.63, 3.8) is 0 Å². The van der Waals surface area contributed by atoms with E-state index in [1.54, 1.807) is 16.8 Å². The second-order valence-electron chi connectivity index (χ2n) is 4.85. The molecule has 1 atom stereocenters. The van der Waals surface area contributed by atoms with E-state index in [-0.39, 0.29) is 10.7 Å². The lowest BCUT2D eigenvalue weighted by Crippen LogP contribution is -2.22. The van der Waals surface area contributed by atoms with Gasteiger partial charge >= 0.3 is 0 Å². The van der Waals surface area contributed by atoms with Crippen LogP contribution in [0.1, 0.15) is 24.7 Å². The minimum Gasteiger partial charge on any atom is -0.504 e. The summed E-state index contributed by atoms with van der Waals surface area (Å²) in [6.45, 7) is 0.627. The average Bonchev–Trinajstić information content (AvgIpc) is 2.91. The number of phenols is 1. The molecular weight excluding hydrogens is 276 g/mol. The summed E-state index contributed by atoms with van der Waals surface area (Å²) >= 11 is 0. The average molecular weight is 290 g/mol. The first-order valence-corrected chi connectivity index (χ1v) is 6.55. The third-order valence-electron chi connectivity index (χ3n) is 3.54. The van der Waals surface area contributed by atoms with E-state index in [4.69, 9.17) is 4.74 Å². The highest BCUT2D eigenvalue weighted by atomic mass is 16.6. The number of ether oxygens (including phenoxy) is 1. The van der Waals surface area contributed by atoms with E-state index in [1.165, 1.54) is 13.2 Å². The molecule has 21 heavy (non-hydrogen) atoms. The van der Waals surface area contributed by atoms with E-state index >= 15 is 0 Å². The van der Waals surface area contributed by atoms with Crippen molar-refractivity contribution in [3.05, 3.63) is 34.1 Å². The number of nitrogens with zero attached hydrogens (tertiary/aromatic N) is 4. The summed E-state index contributed by atoms with van der Waals surface area (Å²) in [6, 6.07) is 3.94. The van der Waals surface area contributed by atoms with E-state index < -0.39 is 6.04 Å². The second-order valence-corrected chi connectivity index (χ2v) is 4.85. The molecule has 0 radical (unpaired) electrons. The normalized spacial score (nSPS) is 17.3. The van der Waals surface area contributed by atoms with Gasteiger partial charge in [0.05, 0.1) is 7.11 Å². The smallest absolute Gasteiger partial charge is 0.271 e. The van der Waals surface area contributed by atoms with Crippen molar-refractivity contribution in [2.75, 3.05) is 7.11 Å².